The van der Waals surface area contributed by atoms with Gasteiger partial charge in [-0.15, -0.1) is 11.5 Å². The van der Waals surface area contributed by atoms with Gasteiger partial charge in [-0.3, -0.25) is 4.79 Å². The molecule has 0 spiro atoms. The summed E-state index contributed by atoms with van der Waals surface area (Å²) in [6.45, 7) is 5.35. The van der Waals surface area contributed by atoms with Crippen molar-refractivity contribution in [3.05, 3.63) is 59.2 Å². The van der Waals surface area contributed by atoms with E-state index in [1.807, 2.05) is 24.3 Å². The van der Waals surface area contributed by atoms with Gasteiger partial charge in [-0.2, -0.15) is 5.11 Å². The summed E-state index contributed by atoms with van der Waals surface area (Å²) >= 11 is 0. The molecule has 0 unspecified atom stereocenters. The number of anilines is 1. The third kappa shape index (κ3) is 7.52. The molecule has 0 aliphatic carbocycles. The number of rotatable bonds is 12. The van der Waals surface area contributed by atoms with Gasteiger partial charge in [0.2, 0.25) is 0 Å². The molecule has 2 rings (SSSR count). The standard InChI is InChI=1S/C24H29N5O3/c1-5-13-32-20-10-11-22(26-16-23(25)28-29-27-12-14-31-4)21(15-20)24(30)19-8-6-18(7-9-19)17(2)3/h1,6-11,15,17,26H,12-14,16H2,2-4H3,(H2,25,27,28). The first-order valence-electron chi connectivity index (χ1n) is 10.2. The average Bonchev–Trinajstić information content (AvgIpc) is 2.81. The van der Waals surface area contributed by atoms with Crippen LogP contribution in [-0.4, -0.2) is 45.0 Å². The van der Waals surface area contributed by atoms with E-state index in [9.17, 15) is 4.79 Å². The number of nitrogens with zero attached hydrogens (tertiary/aromatic N) is 3. The van der Waals surface area contributed by atoms with E-state index >= 15 is 0 Å². The highest BCUT2D eigenvalue weighted by molar-refractivity contribution is 6.12. The van der Waals surface area contributed by atoms with Crippen LogP contribution in [0, 0.1) is 12.3 Å². The molecular formula is C24H29N5O3. The van der Waals surface area contributed by atoms with Gasteiger partial charge in [-0.25, -0.2) is 0 Å². The lowest BCUT2D eigenvalue weighted by Gasteiger charge is -2.14. The summed E-state index contributed by atoms with van der Waals surface area (Å²) in [7, 11) is 1.58. The summed E-state index contributed by atoms with van der Waals surface area (Å²) in [4.78, 5) is 13.2. The maximum absolute atomic E-state index is 13.2. The lowest BCUT2D eigenvalue weighted by molar-refractivity contribution is 0.103. The summed E-state index contributed by atoms with van der Waals surface area (Å²) in [6.07, 6.45) is 5.28. The molecule has 168 valence electrons. The molecule has 0 bridgehead atoms. The number of nitrogens with two attached hydrogens (primary N) is 1. The number of hydrogen-bond donors (Lipinski definition) is 2. The van der Waals surface area contributed by atoms with Crippen LogP contribution < -0.4 is 15.8 Å². The first-order valence-corrected chi connectivity index (χ1v) is 10.2. The van der Waals surface area contributed by atoms with Crippen LogP contribution in [0.2, 0.25) is 0 Å². The third-order valence-corrected chi connectivity index (χ3v) is 4.49. The second kappa shape index (κ2) is 12.9. The van der Waals surface area contributed by atoms with Gasteiger partial charge in [-0.1, -0.05) is 44.0 Å². The second-order valence-electron chi connectivity index (χ2n) is 7.20. The highest BCUT2D eigenvalue weighted by Crippen LogP contribution is 2.26. The van der Waals surface area contributed by atoms with Crippen molar-refractivity contribution < 1.29 is 14.3 Å². The molecule has 0 aliphatic heterocycles. The van der Waals surface area contributed by atoms with E-state index in [1.54, 1.807) is 25.3 Å². The maximum atomic E-state index is 13.2. The van der Waals surface area contributed by atoms with Crippen LogP contribution in [0.15, 0.2) is 57.9 Å². The van der Waals surface area contributed by atoms with Gasteiger partial charge in [0.25, 0.3) is 0 Å². The first kappa shape index (κ1) is 24.6. The topological polar surface area (TPSA) is 111 Å². The Bertz CT molecular complexity index is 992. The first-order chi connectivity index (χ1) is 15.5. The number of methoxy groups -OCH3 is 1. The Labute approximate surface area is 188 Å². The molecule has 0 heterocycles. The number of terminal acetylenes is 1. The SMILES string of the molecule is C#CCOc1ccc(NC/C(N)=N/N=NCCOC)c(C(=O)c2ccc(C(C)C)cc2)c1. The summed E-state index contributed by atoms with van der Waals surface area (Å²) in [5.74, 6) is 3.37. The third-order valence-electron chi connectivity index (χ3n) is 4.49. The largest absolute Gasteiger partial charge is 0.481 e. The average molecular weight is 436 g/mol. The van der Waals surface area contributed by atoms with Crippen molar-refractivity contribution >= 4 is 17.3 Å². The van der Waals surface area contributed by atoms with Gasteiger partial charge in [-0.05, 0) is 34.9 Å². The van der Waals surface area contributed by atoms with Gasteiger partial charge in [0.15, 0.2) is 5.78 Å². The zero-order chi connectivity index (χ0) is 23.3. The Morgan fingerprint density at radius 3 is 2.62 bits per heavy atom. The fourth-order valence-corrected chi connectivity index (χ4v) is 2.74. The minimum atomic E-state index is -0.149. The highest BCUT2D eigenvalue weighted by Gasteiger charge is 2.16. The summed E-state index contributed by atoms with van der Waals surface area (Å²) in [6, 6.07) is 12.7. The minimum Gasteiger partial charge on any atom is -0.481 e. The fourth-order valence-electron chi connectivity index (χ4n) is 2.74. The minimum absolute atomic E-state index is 0.108. The Balaban J connectivity index is 2.23. The molecule has 3 N–H and O–H groups in total. The molecule has 2 aromatic carbocycles. The molecule has 0 amide bonds. The number of carbonyl (C=O) groups excluding carboxylic acids is 1. The normalized spacial score (nSPS) is 11.5. The molecular weight excluding hydrogens is 406 g/mol. The molecule has 0 saturated heterocycles. The van der Waals surface area contributed by atoms with Crippen LogP contribution in [0.4, 0.5) is 5.69 Å². The van der Waals surface area contributed by atoms with Crippen LogP contribution >= 0.6 is 0 Å². The van der Waals surface area contributed by atoms with Crippen LogP contribution in [0.25, 0.3) is 0 Å². The van der Waals surface area contributed by atoms with Gasteiger partial charge >= 0.3 is 0 Å². The zero-order valence-electron chi connectivity index (χ0n) is 18.7. The highest BCUT2D eigenvalue weighted by atomic mass is 16.5. The number of benzene rings is 2. The smallest absolute Gasteiger partial charge is 0.195 e. The van der Waals surface area contributed by atoms with Crippen LogP contribution in [-0.2, 0) is 4.74 Å². The van der Waals surface area contributed by atoms with E-state index in [1.165, 1.54) is 0 Å². The lowest BCUT2D eigenvalue weighted by atomic mass is 9.97. The van der Waals surface area contributed by atoms with E-state index < -0.39 is 0 Å². The molecule has 8 heteroatoms. The van der Waals surface area contributed by atoms with E-state index in [0.29, 0.717) is 41.6 Å². The van der Waals surface area contributed by atoms with Crippen molar-refractivity contribution in [3.8, 4) is 18.1 Å². The Morgan fingerprint density at radius 1 is 1.22 bits per heavy atom. The Morgan fingerprint density at radius 2 is 1.97 bits per heavy atom. The number of carbonyl (C=O) groups is 1. The number of hydrogen-bond acceptors (Lipinski definition) is 6. The predicted octanol–water partition coefficient (Wildman–Crippen LogP) is 3.84. The zero-order valence-corrected chi connectivity index (χ0v) is 18.7. The van der Waals surface area contributed by atoms with Gasteiger partial charge in [0, 0.05) is 23.9 Å². The molecule has 0 aromatic heterocycles. The van der Waals surface area contributed by atoms with E-state index in [-0.39, 0.29) is 24.8 Å². The van der Waals surface area contributed by atoms with Gasteiger partial charge in [0.05, 0.1) is 19.7 Å². The van der Waals surface area contributed by atoms with Crippen molar-refractivity contribution in [2.75, 3.05) is 38.7 Å². The van der Waals surface area contributed by atoms with Gasteiger partial charge in [0.1, 0.15) is 18.2 Å². The monoisotopic (exact) mass is 435 g/mol. The van der Waals surface area contributed by atoms with E-state index in [4.69, 9.17) is 21.6 Å². The molecule has 0 fully saturated rings. The fraction of sp³-hybridized carbons (Fsp3) is 0.333. The quantitative estimate of drug-likeness (QED) is 0.100. The maximum Gasteiger partial charge on any atom is 0.195 e. The van der Waals surface area contributed by atoms with Crippen LogP contribution in [0.1, 0.15) is 41.3 Å². The molecule has 2 aromatic rings. The Kier molecular flexibility index (Phi) is 9.88. The van der Waals surface area contributed by atoms with Crippen molar-refractivity contribution in [2.24, 2.45) is 21.2 Å². The van der Waals surface area contributed by atoms with Crippen molar-refractivity contribution in [3.63, 3.8) is 0 Å². The summed E-state index contributed by atoms with van der Waals surface area (Å²) in [5.41, 5.74) is 8.64. The van der Waals surface area contributed by atoms with Crippen LogP contribution in [0.5, 0.6) is 5.75 Å². The molecule has 8 nitrogen and oxygen atoms in total. The van der Waals surface area contributed by atoms with Crippen LogP contribution in [0.3, 0.4) is 0 Å². The molecule has 32 heavy (non-hydrogen) atoms. The van der Waals surface area contributed by atoms with Gasteiger partial charge < -0.3 is 20.5 Å². The van der Waals surface area contributed by atoms with Crippen molar-refractivity contribution in [2.45, 2.75) is 19.8 Å². The number of nitrogens with one attached hydrogen (secondary N) is 1. The number of amidine groups is 1. The lowest BCUT2D eigenvalue weighted by Crippen LogP contribution is -2.23. The molecule has 0 atom stereocenters. The molecule has 0 saturated carbocycles. The molecule has 0 radical (unpaired) electrons. The number of ether oxygens (including phenoxy) is 2. The van der Waals surface area contributed by atoms with E-state index in [0.717, 1.165) is 5.56 Å². The predicted molar refractivity (Wildman–Crippen MR) is 126 cm³/mol. The second-order valence-corrected chi connectivity index (χ2v) is 7.20. The summed E-state index contributed by atoms with van der Waals surface area (Å²) < 4.78 is 10.4. The summed E-state index contributed by atoms with van der Waals surface area (Å²) in [5, 5.41) is 14.4. The molecule has 0 aliphatic rings. The number of ketones is 1. The van der Waals surface area contributed by atoms with Crippen molar-refractivity contribution in [1.29, 1.82) is 0 Å². The van der Waals surface area contributed by atoms with E-state index in [2.05, 4.69) is 40.5 Å². The Hall–Kier alpha value is -3.70. The van der Waals surface area contributed by atoms with Crippen molar-refractivity contribution in [1.82, 2.24) is 0 Å².